The standard InChI is InChI=1S/C13H10BrN3O2/c1-7-10(15)6-16-17(7)13(18)12-4-8-2-3-9(14)5-11(8)19-12/h2-6H,15H2,1H3. The molecule has 0 saturated carbocycles. The fourth-order valence-corrected chi connectivity index (χ4v) is 2.18. The van der Waals surface area contributed by atoms with E-state index >= 15 is 0 Å². The maximum absolute atomic E-state index is 12.3. The molecule has 6 heteroatoms. The SMILES string of the molecule is Cc1c(N)cnn1C(=O)c1cc2ccc(Br)cc2o1. The van der Waals surface area contributed by atoms with Gasteiger partial charge in [0.1, 0.15) is 5.58 Å². The summed E-state index contributed by atoms with van der Waals surface area (Å²) in [5, 5.41) is 4.82. The number of aromatic nitrogens is 2. The molecule has 96 valence electrons. The molecule has 3 rings (SSSR count). The Morgan fingerprint density at radius 3 is 2.89 bits per heavy atom. The van der Waals surface area contributed by atoms with E-state index in [1.54, 1.807) is 13.0 Å². The van der Waals surface area contributed by atoms with Crippen molar-refractivity contribution in [2.24, 2.45) is 0 Å². The van der Waals surface area contributed by atoms with E-state index in [0.717, 1.165) is 9.86 Å². The number of furan rings is 1. The summed E-state index contributed by atoms with van der Waals surface area (Å²) in [6.45, 7) is 1.74. The molecular formula is C13H10BrN3O2. The summed E-state index contributed by atoms with van der Waals surface area (Å²) in [5.41, 5.74) is 7.41. The summed E-state index contributed by atoms with van der Waals surface area (Å²) in [6.07, 6.45) is 1.45. The molecule has 3 aromatic rings. The molecule has 2 N–H and O–H groups in total. The third-order valence-electron chi connectivity index (χ3n) is 2.93. The van der Waals surface area contributed by atoms with Crippen LogP contribution in [0.4, 0.5) is 5.69 Å². The highest BCUT2D eigenvalue weighted by Gasteiger charge is 2.18. The van der Waals surface area contributed by atoms with Crippen molar-refractivity contribution in [1.29, 1.82) is 0 Å². The minimum absolute atomic E-state index is 0.235. The molecule has 0 amide bonds. The Bertz CT molecular complexity index is 788. The van der Waals surface area contributed by atoms with Gasteiger partial charge in [-0.15, -0.1) is 0 Å². The van der Waals surface area contributed by atoms with E-state index < -0.39 is 0 Å². The van der Waals surface area contributed by atoms with E-state index in [2.05, 4.69) is 21.0 Å². The number of rotatable bonds is 1. The number of nitrogens with zero attached hydrogens (tertiary/aromatic N) is 2. The van der Waals surface area contributed by atoms with E-state index in [-0.39, 0.29) is 11.7 Å². The molecule has 1 aromatic carbocycles. The number of hydrogen-bond donors (Lipinski definition) is 1. The van der Waals surface area contributed by atoms with Gasteiger partial charge in [0.15, 0.2) is 5.76 Å². The lowest BCUT2D eigenvalue weighted by molar-refractivity contribution is 0.0917. The Morgan fingerprint density at radius 2 is 2.21 bits per heavy atom. The number of carbonyl (C=O) groups excluding carboxylic acids is 1. The molecule has 0 radical (unpaired) electrons. The second-order valence-electron chi connectivity index (χ2n) is 4.20. The van der Waals surface area contributed by atoms with Crippen molar-refractivity contribution in [2.45, 2.75) is 6.92 Å². The number of carbonyl (C=O) groups is 1. The predicted octanol–water partition coefficient (Wildman–Crippen LogP) is 2.97. The molecule has 0 spiro atoms. The van der Waals surface area contributed by atoms with Crippen LogP contribution in [0.15, 0.2) is 39.4 Å². The first-order valence-electron chi connectivity index (χ1n) is 5.60. The van der Waals surface area contributed by atoms with E-state index in [0.29, 0.717) is 17.0 Å². The molecule has 0 fully saturated rings. The van der Waals surface area contributed by atoms with Crippen molar-refractivity contribution in [3.8, 4) is 0 Å². The summed E-state index contributed by atoms with van der Waals surface area (Å²) in [5.74, 6) is -0.0965. The lowest BCUT2D eigenvalue weighted by Gasteiger charge is -1.99. The second kappa shape index (κ2) is 4.24. The lowest BCUT2D eigenvalue weighted by Crippen LogP contribution is -2.14. The Morgan fingerprint density at radius 1 is 1.42 bits per heavy atom. The first kappa shape index (κ1) is 12.0. The van der Waals surface area contributed by atoms with Crippen molar-refractivity contribution in [3.05, 3.63) is 46.4 Å². The quantitative estimate of drug-likeness (QED) is 0.748. The van der Waals surface area contributed by atoms with Crippen LogP contribution in [-0.2, 0) is 0 Å². The molecule has 2 heterocycles. The van der Waals surface area contributed by atoms with Crippen molar-refractivity contribution < 1.29 is 9.21 Å². The summed E-state index contributed by atoms with van der Waals surface area (Å²) in [4.78, 5) is 12.3. The molecule has 19 heavy (non-hydrogen) atoms. The number of anilines is 1. The molecule has 0 aliphatic carbocycles. The second-order valence-corrected chi connectivity index (χ2v) is 5.11. The van der Waals surface area contributed by atoms with E-state index in [1.807, 2.05) is 18.2 Å². The zero-order valence-electron chi connectivity index (χ0n) is 10.1. The number of fused-ring (bicyclic) bond motifs is 1. The Hall–Kier alpha value is -2.08. The van der Waals surface area contributed by atoms with Crippen LogP contribution in [0.2, 0.25) is 0 Å². The topological polar surface area (TPSA) is 74.0 Å². The maximum atomic E-state index is 12.3. The molecule has 2 aromatic heterocycles. The minimum atomic E-state index is -0.332. The zero-order valence-corrected chi connectivity index (χ0v) is 11.6. The summed E-state index contributed by atoms with van der Waals surface area (Å²) in [6, 6.07) is 7.28. The molecule has 0 atom stereocenters. The van der Waals surface area contributed by atoms with Crippen LogP contribution in [0.1, 0.15) is 16.2 Å². The van der Waals surface area contributed by atoms with Gasteiger partial charge in [0.2, 0.25) is 0 Å². The maximum Gasteiger partial charge on any atom is 0.314 e. The van der Waals surface area contributed by atoms with Gasteiger partial charge in [-0.25, -0.2) is 0 Å². The lowest BCUT2D eigenvalue weighted by atomic mass is 10.2. The van der Waals surface area contributed by atoms with Crippen molar-refractivity contribution in [1.82, 2.24) is 9.78 Å². The largest absolute Gasteiger partial charge is 0.451 e. The van der Waals surface area contributed by atoms with Gasteiger partial charge < -0.3 is 10.2 Å². The predicted molar refractivity (Wildman–Crippen MR) is 75.0 cm³/mol. The van der Waals surface area contributed by atoms with Crippen LogP contribution in [-0.4, -0.2) is 15.7 Å². The van der Waals surface area contributed by atoms with Crippen molar-refractivity contribution in [3.63, 3.8) is 0 Å². The molecule has 0 aliphatic heterocycles. The first-order valence-corrected chi connectivity index (χ1v) is 6.39. The normalized spacial score (nSPS) is 11.1. The van der Waals surface area contributed by atoms with Crippen LogP contribution >= 0.6 is 15.9 Å². The summed E-state index contributed by atoms with van der Waals surface area (Å²) >= 11 is 3.36. The van der Waals surface area contributed by atoms with Crippen LogP contribution < -0.4 is 5.73 Å². The molecule has 0 aliphatic rings. The highest BCUT2D eigenvalue weighted by molar-refractivity contribution is 9.10. The molecule has 0 saturated heterocycles. The monoisotopic (exact) mass is 319 g/mol. The molecule has 5 nitrogen and oxygen atoms in total. The Balaban J connectivity index is 2.09. The fourth-order valence-electron chi connectivity index (χ4n) is 1.84. The van der Waals surface area contributed by atoms with E-state index in [4.69, 9.17) is 10.2 Å². The number of nitrogens with two attached hydrogens (primary N) is 1. The van der Waals surface area contributed by atoms with Gasteiger partial charge in [0.05, 0.1) is 17.6 Å². The molecule has 0 bridgehead atoms. The van der Waals surface area contributed by atoms with Crippen LogP contribution in [0.25, 0.3) is 11.0 Å². The molecule has 0 unspecified atom stereocenters. The summed E-state index contributed by atoms with van der Waals surface area (Å²) < 4.78 is 7.68. The average Bonchev–Trinajstić information content (AvgIpc) is 2.93. The Kier molecular flexibility index (Phi) is 2.67. The van der Waals surface area contributed by atoms with Crippen molar-refractivity contribution in [2.75, 3.05) is 5.73 Å². The fraction of sp³-hybridized carbons (Fsp3) is 0.0769. The number of halogens is 1. The minimum Gasteiger partial charge on any atom is -0.451 e. The van der Waals surface area contributed by atoms with Gasteiger partial charge in [-0.1, -0.05) is 15.9 Å². The number of hydrogen-bond acceptors (Lipinski definition) is 4. The number of nitrogen functional groups attached to an aromatic ring is 1. The van der Waals surface area contributed by atoms with Gasteiger partial charge in [-0.2, -0.15) is 9.78 Å². The van der Waals surface area contributed by atoms with E-state index in [1.165, 1.54) is 10.9 Å². The molecular weight excluding hydrogens is 310 g/mol. The average molecular weight is 320 g/mol. The van der Waals surface area contributed by atoms with Crippen LogP contribution in [0, 0.1) is 6.92 Å². The van der Waals surface area contributed by atoms with Gasteiger partial charge in [-0.05, 0) is 31.2 Å². The third-order valence-corrected chi connectivity index (χ3v) is 3.43. The highest BCUT2D eigenvalue weighted by atomic mass is 79.9. The van der Waals surface area contributed by atoms with E-state index in [9.17, 15) is 4.79 Å². The summed E-state index contributed by atoms with van der Waals surface area (Å²) in [7, 11) is 0. The van der Waals surface area contributed by atoms with Crippen LogP contribution in [0.5, 0.6) is 0 Å². The van der Waals surface area contributed by atoms with Gasteiger partial charge in [-0.3, -0.25) is 4.79 Å². The van der Waals surface area contributed by atoms with Crippen LogP contribution in [0.3, 0.4) is 0 Å². The van der Waals surface area contributed by atoms with Crippen molar-refractivity contribution >= 4 is 38.5 Å². The third kappa shape index (κ3) is 1.94. The smallest absolute Gasteiger partial charge is 0.314 e. The first-order chi connectivity index (χ1) is 9.06. The Labute approximate surface area is 117 Å². The zero-order chi connectivity index (χ0) is 13.6. The van der Waals surface area contributed by atoms with Gasteiger partial charge >= 0.3 is 5.91 Å². The number of benzene rings is 1. The van der Waals surface area contributed by atoms with Gasteiger partial charge in [0, 0.05) is 9.86 Å². The van der Waals surface area contributed by atoms with Gasteiger partial charge in [0.25, 0.3) is 0 Å². The highest BCUT2D eigenvalue weighted by Crippen LogP contribution is 2.24.